The number of aromatic nitrogens is 3. The van der Waals surface area contributed by atoms with Crippen molar-refractivity contribution < 1.29 is 4.79 Å². The monoisotopic (exact) mass is 350 g/mol. The highest BCUT2D eigenvalue weighted by Gasteiger charge is 2.25. The Hall–Kier alpha value is -2.60. The van der Waals surface area contributed by atoms with E-state index in [0.717, 1.165) is 18.5 Å². The lowest BCUT2D eigenvalue weighted by atomic mass is 10.1. The van der Waals surface area contributed by atoms with Crippen molar-refractivity contribution in [3.63, 3.8) is 0 Å². The third kappa shape index (κ3) is 3.17. The van der Waals surface area contributed by atoms with Gasteiger partial charge in [-0.25, -0.2) is 15.0 Å². The van der Waals surface area contributed by atoms with E-state index in [1.54, 1.807) is 18.5 Å². The molecule has 0 radical (unpaired) electrons. The van der Waals surface area contributed by atoms with Crippen molar-refractivity contribution in [2.75, 3.05) is 0 Å². The minimum atomic E-state index is -0.0469. The molecule has 2 heterocycles. The number of thiazole rings is 1. The number of nitrogens with one attached hydrogen (secondary N) is 1. The molecule has 1 aliphatic rings. The molecule has 0 unspecified atom stereocenters. The number of fused-ring (bicyclic) bond motifs is 1. The third-order valence-electron chi connectivity index (χ3n) is 4.38. The summed E-state index contributed by atoms with van der Waals surface area (Å²) >= 11 is 1.36. The molecular weight excluding hydrogens is 332 g/mol. The van der Waals surface area contributed by atoms with E-state index in [0.29, 0.717) is 22.1 Å². The van der Waals surface area contributed by atoms with Crippen LogP contribution in [0.3, 0.4) is 0 Å². The first-order valence-electron chi connectivity index (χ1n) is 8.39. The Morgan fingerprint density at radius 2 is 1.84 bits per heavy atom. The highest BCUT2D eigenvalue weighted by Crippen LogP contribution is 2.27. The number of hydrogen-bond acceptors (Lipinski definition) is 5. The maximum absolute atomic E-state index is 12.8. The lowest BCUT2D eigenvalue weighted by molar-refractivity contribution is 0.0941. The molecule has 126 valence electrons. The number of carbonyl (C=O) groups excluding carboxylic acids is 1. The minimum Gasteiger partial charge on any atom is -0.348 e. The average molecular weight is 350 g/mol. The Labute approximate surface area is 150 Å². The zero-order valence-corrected chi connectivity index (χ0v) is 14.7. The quantitative estimate of drug-likeness (QED) is 0.785. The van der Waals surface area contributed by atoms with E-state index in [2.05, 4.69) is 32.4 Å². The maximum atomic E-state index is 12.8. The standard InChI is InChI=1S/C19H18N4OS/c1-2-15-16(25-19(23-15)17-20-8-5-9-21-17)18(24)22-14-10-12-6-3-4-7-13(12)11-14/h3-9,14H,2,10-11H2,1H3,(H,22,24). The summed E-state index contributed by atoms with van der Waals surface area (Å²) in [6.45, 7) is 2.01. The first kappa shape index (κ1) is 15.9. The van der Waals surface area contributed by atoms with Gasteiger partial charge in [0, 0.05) is 18.4 Å². The van der Waals surface area contributed by atoms with Crippen LogP contribution < -0.4 is 5.32 Å². The van der Waals surface area contributed by atoms with Crippen LogP contribution in [-0.2, 0) is 19.3 Å². The van der Waals surface area contributed by atoms with E-state index in [1.165, 1.54) is 22.5 Å². The molecule has 25 heavy (non-hydrogen) atoms. The van der Waals surface area contributed by atoms with E-state index in [9.17, 15) is 4.79 Å². The normalized spacial score (nSPS) is 13.6. The van der Waals surface area contributed by atoms with Crippen LogP contribution in [0.5, 0.6) is 0 Å². The maximum Gasteiger partial charge on any atom is 0.263 e. The molecule has 0 atom stereocenters. The number of aryl methyl sites for hydroxylation is 1. The number of amides is 1. The number of benzene rings is 1. The van der Waals surface area contributed by atoms with E-state index >= 15 is 0 Å². The molecule has 3 aromatic rings. The molecule has 0 bridgehead atoms. The molecule has 0 aliphatic heterocycles. The van der Waals surface area contributed by atoms with Gasteiger partial charge < -0.3 is 5.32 Å². The van der Waals surface area contributed by atoms with Crippen LogP contribution >= 0.6 is 11.3 Å². The SMILES string of the molecule is CCc1nc(-c2ncccn2)sc1C(=O)NC1Cc2ccccc2C1. The Bertz CT molecular complexity index is 882. The van der Waals surface area contributed by atoms with Crippen LogP contribution in [0, 0.1) is 0 Å². The predicted octanol–water partition coefficient (Wildman–Crippen LogP) is 3.06. The average Bonchev–Trinajstić information content (AvgIpc) is 3.25. The summed E-state index contributed by atoms with van der Waals surface area (Å²) in [7, 11) is 0. The fraction of sp³-hybridized carbons (Fsp3) is 0.263. The number of carbonyl (C=O) groups is 1. The first-order chi connectivity index (χ1) is 12.2. The van der Waals surface area contributed by atoms with E-state index in [-0.39, 0.29) is 11.9 Å². The Kier molecular flexibility index (Phi) is 4.28. The molecule has 1 aromatic carbocycles. The molecule has 5 nitrogen and oxygen atoms in total. The molecule has 0 fully saturated rings. The smallest absolute Gasteiger partial charge is 0.263 e. The van der Waals surface area contributed by atoms with Gasteiger partial charge in [0.1, 0.15) is 4.88 Å². The van der Waals surface area contributed by atoms with Gasteiger partial charge in [-0.3, -0.25) is 4.79 Å². The lowest BCUT2D eigenvalue weighted by Crippen LogP contribution is -2.35. The number of rotatable bonds is 4. The van der Waals surface area contributed by atoms with Crippen molar-refractivity contribution in [1.82, 2.24) is 20.3 Å². The van der Waals surface area contributed by atoms with Crippen molar-refractivity contribution in [3.05, 3.63) is 64.4 Å². The summed E-state index contributed by atoms with van der Waals surface area (Å²) in [5.74, 6) is 0.517. The summed E-state index contributed by atoms with van der Waals surface area (Å²) in [6.07, 6.45) is 5.85. The van der Waals surface area contributed by atoms with Crippen molar-refractivity contribution in [3.8, 4) is 10.8 Å². The topological polar surface area (TPSA) is 67.8 Å². The second-order valence-corrected chi connectivity index (χ2v) is 7.07. The van der Waals surface area contributed by atoms with Crippen molar-refractivity contribution in [2.45, 2.75) is 32.2 Å². The fourth-order valence-corrected chi connectivity index (χ4v) is 4.19. The van der Waals surface area contributed by atoms with Crippen molar-refractivity contribution >= 4 is 17.2 Å². The highest BCUT2D eigenvalue weighted by molar-refractivity contribution is 7.17. The van der Waals surface area contributed by atoms with Gasteiger partial charge in [0.05, 0.1) is 5.69 Å². The highest BCUT2D eigenvalue weighted by atomic mass is 32.1. The van der Waals surface area contributed by atoms with Gasteiger partial charge in [-0.1, -0.05) is 31.2 Å². The van der Waals surface area contributed by atoms with Crippen molar-refractivity contribution in [1.29, 1.82) is 0 Å². The summed E-state index contributed by atoms with van der Waals surface area (Å²) in [5, 5.41) is 3.86. The van der Waals surface area contributed by atoms with Gasteiger partial charge in [-0.15, -0.1) is 11.3 Å². The van der Waals surface area contributed by atoms with Crippen molar-refractivity contribution in [2.24, 2.45) is 0 Å². The summed E-state index contributed by atoms with van der Waals surface area (Å²) in [4.78, 5) is 26.5. The molecule has 0 saturated heterocycles. The Morgan fingerprint density at radius 1 is 1.16 bits per heavy atom. The van der Waals surface area contributed by atoms with E-state index < -0.39 is 0 Å². The molecule has 4 rings (SSSR count). The zero-order chi connectivity index (χ0) is 17.2. The molecular formula is C19H18N4OS. The fourth-order valence-electron chi connectivity index (χ4n) is 3.19. The largest absolute Gasteiger partial charge is 0.348 e. The molecule has 1 aliphatic carbocycles. The number of nitrogens with zero attached hydrogens (tertiary/aromatic N) is 3. The van der Waals surface area contributed by atoms with Crippen LogP contribution in [0.1, 0.15) is 33.4 Å². The van der Waals surface area contributed by atoms with Gasteiger partial charge in [0.15, 0.2) is 10.8 Å². The predicted molar refractivity (Wildman–Crippen MR) is 97.6 cm³/mol. The van der Waals surface area contributed by atoms with Crippen LogP contribution in [0.15, 0.2) is 42.7 Å². The molecule has 1 amide bonds. The van der Waals surface area contributed by atoms with E-state index in [4.69, 9.17) is 0 Å². The summed E-state index contributed by atoms with van der Waals surface area (Å²) in [6, 6.07) is 10.3. The second kappa shape index (κ2) is 6.72. The van der Waals surface area contributed by atoms with Crippen LogP contribution in [0.25, 0.3) is 10.8 Å². The molecule has 1 N–H and O–H groups in total. The Balaban J connectivity index is 1.54. The van der Waals surface area contributed by atoms with Gasteiger partial charge in [0.25, 0.3) is 5.91 Å². The van der Waals surface area contributed by atoms with Crippen LogP contribution in [0.4, 0.5) is 0 Å². The molecule has 6 heteroatoms. The van der Waals surface area contributed by atoms with Gasteiger partial charge >= 0.3 is 0 Å². The molecule has 0 saturated carbocycles. The Morgan fingerprint density at radius 3 is 2.48 bits per heavy atom. The van der Waals surface area contributed by atoms with Crippen LogP contribution in [0.2, 0.25) is 0 Å². The second-order valence-electron chi connectivity index (χ2n) is 6.07. The first-order valence-corrected chi connectivity index (χ1v) is 9.21. The lowest BCUT2D eigenvalue weighted by Gasteiger charge is -2.11. The van der Waals surface area contributed by atoms with Gasteiger partial charge in [-0.2, -0.15) is 0 Å². The van der Waals surface area contributed by atoms with Gasteiger partial charge in [-0.05, 0) is 36.5 Å². The zero-order valence-electron chi connectivity index (χ0n) is 13.9. The molecule has 0 spiro atoms. The van der Waals surface area contributed by atoms with E-state index in [1.807, 2.05) is 19.1 Å². The molecule has 2 aromatic heterocycles. The minimum absolute atomic E-state index is 0.0469. The van der Waals surface area contributed by atoms with Gasteiger partial charge in [0.2, 0.25) is 0 Å². The summed E-state index contributed by atoms with van der Waals surface area (Å²) in [5.41, 5.74) is 3.46. The summed E-state index contributed by atoms with van der Waals surface area (Å²) < 4.78 is 0. The third-order valence-corrected chi connectivity index (χ3v) is 5.47. The number of hydrogen-bond donors (Lipinski definition) is 1. The van der Waals surface area contributed by atoms with Crippen LogP contribution in [-0.4, -0.2) is 26.9 Å².